The fourth-order valence-electron chi connectivity index (χ4n) is 4.19. The number of piperidine rings is 1. The van der Waals surface area contributed by atoms with E-state index in [2.05, 4.69) is 14.8 Å². The summed E-state index contributed by atoms with van der Waals surface area (Å²) in [5, 5.41) is 0. The van der Waals surface area contributed by atoms with E-state index < -0.39 is 0 Å². The van der Waals surface area contributed by atoms with Crippen molar-refractivity contribution in [2.24, 2.45) is 0 Å². The lowest BCUT2D eigenvalue weighted by Crippen LogP contribution is -2.49. The number of likely N-dealkylation sites (tertiary alicyclic amines) is 1. The summed E-state index contributed by atoms with van der Waals surface area (Å²) in [4.78, 5) is 22.8. The molecule has 4 heterocycles. The maximum Gasteiger partial charge on any atom is 0.273 e. The number of thioether (sulfide) groups is 1. The molecule has 0 saturated carbocycles. The molecule has 0 N–H and O–H groups in total. The second-order valence-electron chi connectivity index (χ2n) is 7.42. The molecule has 1 amide bonds. The molecule has 2 aliphatic heterocycles. The number of carbonyl (C=O) groups is 1. The van der Waals surface area contributed by atoms with Gasteiger partial charge in [-0.3, -0.25) is 9.20 Å². The molecule has 0 aliphatic carbocycles. The Morgan fingerprint density at radius 3 is 2.88 bits per heavy atom. The summed E-state index contributed by atoms with van der Waals surface area (Å²) in [6.07, 6.45) is 6.96. The highest BCUT2D eigenvalue weighted by Crippen LogP contribution is 2.23. The van der Waals surface area contributed by atoms with Gasteiger partial charge >= 0.3 is 0 Å². The van der Waals surface area contributed by atoms with E-state index in [-0.39, 0.29) is 5.91 Å². The number of aromatic nitrogens is 2. The second-order valence-corrected chi connectivity index (χ2v) is 8.57. The number of amides is 1. The van der Waals surface area contributed by atoms with Crippen molar-refractivity contribution in [1.29, 1.82) is 0 Å². The zero-order valence-corrected chi connectivity index (χ0v) is 16.4. The van der Waals surface area contributed by atoms with E-state index in [0.717, 1.165) is 48.1 Å². The van der Waals surface area contributed by atoms with Crippen LogP contribution in [0, 0.1) is 6.92 Å². The SMILES string of the molecule is Cc1nc2ccccn2c1C(=O)N1CCCSCC1CN1CCCCC1. The first-order chi connectivity index (χ1) is 12.7. The van der Waals surface area contributed by atoms with E-state index in [1.165, 1.54) is 32.4 Å². The van der Waals surface area contributed by atoms with Gasteiger partial charge in [-0.15, -0.1) is 0 Å². The molecule has 0 bridgehead atoms. The monoisotopic (exact) mass is 372 g/mol. The minimum absolute atomic E-state index is 0.144. The fraction of sp³-hybridized carbons (Fsp3) is 0.600. The summed E-state index contributed by atoms with van der Waals surface area (Å²) in [5.74, 6) is 2.33. The molecule has 2 saturated heterocycles. The Kier molecular flexibility index (Phi) is 5.50. The Bertz CT molecular complexity index is 768. The molecule has 4 rings (SSSR count). The van der Waals surface area contributed by atoms with Crippen LogP contribution in [0.15, 0.2) is 24.4 Å². The molecule has 2 aromatic heterocycles. The van der Waals surface area contributed by atoms with Crippen molar-refractivity contribution >= 4 is 23.3 Å². The van der Waals surface area contributed by atoms with E-state index in [0.29, 0.717) is 6.04 Å². The number of imidazole rings is 1. The number of fused-ring (bicyclic) bond motifs is 1. The molecule has 1 atom stereocenters. The predicted molar refractivity (Wildman–Crippen MR) is 107 cm³/mol. The Labute approximate surface area is 159 Å². The Morgan fingerprint density at radius 2 is 2.04 bits per heavy atom. The van der Waals surface area contributed by atoms with Gasteiger partial charge in [0.1, 0.15) is 11.3 Å². The summed E-state index contributed by atoms with van der Waals surface area (Å²) in [6.45, 7) is 6.17. The van der Waals surface area contributed by atoms with Crippen LogP contribution in [0.3, 0.4) is 0 Å². The van der Waals surface area contributed by atoms with Crippen molar-refractivity contribution in [2.75, 3.05) is 37.7 Å². The lowest BCUT2D eigenvalue weighted by molar-refractivity contribution is 0.0638. The molecule has 26 heavy (non-hydrogen) atoms. The molecule has 2 aromatic rings. The van der Waals surface area contributed by atoms with Crippen LogP contribution in [0.2, 0.25) is 0 Å². The number of rotatable bonds is 3. The Morgan fingerprint density at radius 1 is 1.19 bits per heavy atom. The third kappa shape index (κ3) is 3.62. The van der Waals surface area contributed by atoms with E-state index in [1.54, 1.807) is 0 Å². The first-order valence-electron chi connectivity index (χ1n) is 9.79. The van der Waals surface area contributed by atoms with Crippen molar-refractivity contribution in [3.05, 3.63) is 35.8 Å². The summed E-state index contributed by atoms with van der Waals surface area (Å²) in [6, 6.07) is 6.20. The molecule has 2 fully saturated rings. The Hall–Kier alpha value is -1.53. The standard InChI is InChI=1S/C20H28N4OS/c1-16-19(24-11-6-3-8-18(24)21-16)20(25)23-12-7-13-26-15-17(23)14-22-9-4-2-5-10-22/h3,6,8,11,17H,2,4-5,7,9-10,12-15H2,1H3. The number of carbonyl (C=O) groups excluding carboxylic acids is 1. The van der Waals surface area contributed by atoms with Crippen LogP contribution < -0.4 is 0 Å². The van der Waals surface area contributed by atoms with Crippen molar-refractivity contribution in [3.63, 3.8) is 0 Å². The average Bonchev–Trinajstić information content (AvgIpc) is 2.83. The smallest absolute Gasteiger partial charge is 0.273 e. The van der Waals surface area contributed by atoms with Gasteiger partial charge in [0, 0.05) is 25.0 Å². The van der Waals surface area contributed by atoms with Crippen LogP contribution in [0.4, 0.5) is 0 Å². The molecule has 5 nitrogen and oxygen atoms in total. The number of nitrogens with zero attached hydrogens (tertiary/aromatic N) is 4. The van der Waals surface area contributed by atoms with E-state index in [1.807, 2.05) is 47.5 Å². The van der Waals surface area contributed by atoms with Gasteiger partial charge in [-0.25, -0.2) is 4.98 Å². The van der Waals surface area contributed by atoms with Crippen molar-refractivity contribution < 1.29 is 4.79 Å². The lowest BCUT2D eigenvalue weighted by atomic mass is 10.1. The Balaban J connectivity index is 1.61. The molecule has 6 heteroatoms. The van der Waals surface area contributed by atoms with Gasteiger partial charge in [0.05, 0.1) is 11.7 Å². The van der Waals surface area contributed by atoms with Crippen LogP contribution >= 0.6 is 11.8 Å². The maximum absolute atomic E-state index is 13.5. The third-order valence-electron chi connectivity index (χ3n) is 5.52. The summed E-state index contributed by atoms with van der Waals surface area (Å²) in [7, 11) is 0. The molecule has 1 unspecified atom stereocenters. The summed E-state index contributed by atoms with van der Waals surface area (Å²) in [5.41, 5.74) is 2.41. The summed E-state index contributed by atoms with van der Waals surface area (Å²) >= 11 is 2.00. The van der Waals surface area contributed by atoms with Gasteiger partial charge in [-0.2, -0.15) is 11.8 Å². The van der Waals surface area contributed by atoms with Crippen molar-refractivity contribution in [1.82, 2.24) is 19.2 Å². The molecule has 140 valence electrons. The zero-order valence-electron chi connectivity index (χ0n) is 15.6. The topological polar surface area (TPSA) is 40.9 Å². The minimum Gasteiger partial charge on any atom is -0.332 e. The molecule has 2 aliphatic rings. The fourth-order valence-corrected chi connectivity index (χ4v) is 5.25. The molecule has 0 spiro atoms. The molecular formula is C20H28N4OS. The number of aryl methyl sites for hydroxylation is 1. The number of hydrogen-bond acceptors (Lipinski definition) is 4. The van der Waals surface area contributed by atoms with Gasteiger partial charge in [0.15, 0.2) is 0 Å². The highest BCUT2D eigenvalue weighted by molar-refractivity contribution is 7.99. The van der Waals surface area contributed by atoms with Gasteiger partial charge in [0.25, 0.3) is 5.91 Å². The van der Waals surface area contributed by atoms with Gasteiger partial charge < -0.3 is 9.80 Å². The number of hydrogen-bond donors (Lipinski definition) is 0. The first kappa shape index (κ1) is 17.9. The molecular weight excluding hydrogens is 344 g/mol. The van der Waals surface area contributed by atoms with E-state index >= 15 is 0 Å². The highest BCUT2D eigenvalue weighted by Gasteiger charge is 2.31. The molecule has 0 aromatic carbocycles. The third-order valence-corrected chi connectivity index (χ3v) is 6.72. The van der Waals surface area contributed by atoms with E-state index in [9.17, 15) is 4.79 Å². The van der Waals surface area contributed by atoms with Crippen LogP contribution in [0.25, 0.3) is 5.65 Å². The van der Waals surface area contributed by atoms with Crippen molar-refractivity contribution in [3.8, 4) is 0 Å². The summed E-state index contributed by atoms with van der Waals surface area (Å²) < 4.78 is 1.95. The second kappa shape index (κ2) is 8.01. The van der Waals surface area contributed by atoms with Gasteiger partial charge in [-0.05, 0) is 57.2 Å². The van der Waals surface area contributed by atoms with Gasteiger partial charge in [-0.1, -0.05) is 12.5 Å². The van der Waals surface area contributed by atoms with Crippen molar-refractivity contribution in [2.45, 2.75) is 38.6 Å². The first-order valence-corrected chi connectivity index (χ1v) is 10.9. The average molecular weight is 373 g/mol. The van der Waals surface area contributed by atoms with Crippen LogP contribution in [-0.2, 0) is 0 Å². The highest BCUT2D eigenvalue weighted by atomic mass is 32.2. The van der Waals surface area contributed by atoms with Crippen LogP contribution in [-0.4, -0.2) is 68.8 Å². The minimum atomic E-state index is 0.144. The normalized spacial score (nSPS) is 22.5. The van der Waals surface area contributed by atoms with Gasteiger partial charge in [0.2, 0.25) is 0 Å². The molecule has 0 radical (unpaired) electrons. The predicted octanol–water partition coefficient (Wildman–Crippen LogP) is 3.08. The van der Waals surface area contributed by atoms with E-state index in [4.69, 9.17) is 0 Å². The van der Waals surface area contributed by atoms with Crippen LogP contribution in [0.5, 0.6) is 0 Å². The maximum atomic E-state index is 13.5. The number of pyridine rings is 1. The quantitative estimate of drug-likeness (QED) is 0.830. The zero-order chi connectivity index (χ0) is 17.9. The lowest BCUT2D eigenvalue weighted by Gasteiger charge is -2.35. The largest absolute Gasteiger partial charge is 0.332 e. The van der Waals surface area contributed by atoms with Crippen LogP contribution in [0.1, 0.15) is 41.9 Å².